The van der Waals surface area contributed by atoms with Crippen LogP contribution in [-0.2, 0) is 4.79 Å². The molecule has 1 aliphatic heterocycles. The van der Waals surface area contributed by atoms with Crippen molar-refractivity contribution in [1.82, 2.24) is 9.88 Å². The van der Waals surface area contributed by atoms with Crippen molar-refractivity contribution in [2.75, 3.05) is 6.54 Å². The lowest BCUT2D eigenvalue weighted by molar-refractivity contribution is -0.121. The minimum absolute atomic E-state index is 0.0518. The molecule has 0 atom stereocenters. The monoisotopic (exact) mass is 327 g/mol. The molecule has 0 radical (unpaired) electrons. The molecule has 1 aromatic carbocycles. The molecule has 0 saturated carbocycles. The number of nitrogens with zero attached hydrogens (tertiary/aromatic N) is 3. The molecular weight excluding hydrogens is 314 g/mol. The Balaban J connectivity index is 1.93. The van der Waals surface area contributed by atoms with E-state index in [0.717, 1.165) is 5.56 Å². The zero-order valence-corrected chi connectivity index (χ0v) is 13.3. The van der Waals surface area contributed by atoms with Crippen LogP contribution in [-0.4, -0.2) is 27.5 Å². The van der Waals surface area contributed by atoms with Crippen LogP contribution in [0.2, 0.25) is 0 Å². The van der Waals surface area contributed by atoms with Gasteiger partial charge >= 0.3 is 0 Å². The van der Waals surface area contributed by atoms with Crippen molar-refractivity contribution >= 4 is 45.4 Å². The molecule has 0 aliphatic carbocycles. The predicted octanol–water partition coefficient (Wildman–Crippen LogP) is 3.93. The van der Waals surface area contributed by atoms with Gasteiger partial charge in [-0.05, 0) is 23.4 Å². The van der Waals surface area contributed by atoms with Crippen molar-refractivity contribution in [2.24, 2.45) is 4.99 Å². The molecule has 1 saturated heterocycles. The van der Waals surface area contributed by atoms with Gasteiger partial charge in [0, 0.05) is 18.1 Å². The Bertz CT molecular complexity index is 736. The molecule has 2 aromatic rings. The highest BCUT2D eigenvalue weighted by Gasteiger charge is 2.32. The number of benzene rings is 1. The van der Waals surface area contributed by atoms with E-state index >= 15 is 0 Å². The maximum Gasteiger partial charge on any atom is 0.267 e. The summed E-state index contributed by atoms with van der Waals surface area (Å²) in [6, 6.07) is 9.78. The van der Waals surface area contributed by atoms with Crippen LogP contribution in [0.3, 0.4) is 0 Å². The average Bonchev–Trinajstić information content (AvgIpc) is 3.13. The molecular formula is C16H13N3OS2. The van der Waals surface area contributed by atoms with Crippen LogP contribution < -0.4 is 0 Å². The molecule has 3 rings (SSSR count). The summed E-state index contributed by atoms with van der Waals surface area (Å²) in [5.74, 6) is -0.0518. The van der Waals surface area contributed by atoms with Crippen LogP contribution in [0, 0.1) is 0 Å². The van der Waals surface area contributed by atoms with E-state index in [2.05, 4.69) is 16.6 Å². The second-order valence-corrected chi connectivity index (χ2v) is 6.32. The summed E-state index contributed by atoms with van der Waals surface area (Å²) in [7, 11) is 0. The van der Waals surface area contributed by atoms with Crippen LogP contribution >= 0.6 is 23.1 Å². The maximum absolute atomic E-state index is 12.5. The third kappa shape index (κ3) is 3.18. The van der Waals surface area contributed by atoms with E-state index in [0.29, 0.717) is 21.7 Å². The first-order valence-corrected chi connectivity index (χ1v) is 8.33. The van der Waals surface area contributed by atoms with E-state index in [-0.39, 0.29) is 5.91 Å². The lowest BCUT2D eigenvalue weighted by Crippen LogP contribution is -2.29. The number of rotatable bonds is 4. The summed E-state index contributed by atoms with van der Waals surface area (Å²) < 4.78 is 0. The number of carbonyl (C=O) groups is 1. The molecule has 1 aliphatic rings. The van der Waals surface area contributed by atoms with Gasteiger partial charge in [0.2, 0.25) is 5.13 Å². The summed E-state index contributed by atoms with van der Waals surface area (Å²) in [4.78, 5) is 23.4. The number of amidine groups is 1. The molecule has 110 valence electrons. The van der Waals surface area contributed by atoms with Gasteiger partial charge in [-0.3, -0.25) is 9.69 Å². The zero-order chi connectivity index (χ0) is 15.4. The van der Waals surface area contributed by atoms with E-state index in [1.807, 2.05) is 41.8 Å². The number of aromatic nitrogens is 1. The van der Waals surface area contributed by atoms with Crippen molar-refractivity contribution in [2.45, 2.75) is 0 Å². The number of thiazole rings is 1. The minimum Gasteiger partial charge on any atom is -0.282 e. The number of hydrogen-bond donors (Lipinski definition) is 0. The van der Waals surface area contributed by atoms with E-state index in [4.69, 9.17) is 0 Å². The van der Waals surface area contributed by atoms with E-state index in [1.54, 1.807) is 17.2 Å². The lowest BCUT2D eigenvalue weighted by Gasteiger charge is -2.11. The van der Waals surface area contributed by atoms with Crippen LogP contribution in [0.1, 0.15) is 5.56 Å². The Hall–Kier alpha value is -2.18. The summed E-state index contributed by atoms with van der Waals surface area (Å²) in [6.07, 6.45) is 5.28. The highest BCUT2D eigenvalue weighted by molar-refractivity contribution is 8.18. The molecule has 6 heteroatoms. The normalized spacial score (nSPS) is 18.4. The summed E-state index contributed by atoms with van der Waals surface area (Å²) >= 11 is 2.81. The van der Waals surface area contributed by atoms with Gasteiger partial charge in [0.1, 0.15) is 0 Å². The fourth-order valence-electron chi connectivity index (χ4n) is 1.94. The first-order valence-electron chi connectivity index (χ1n) is 6.63. The van der Waals surface area contributed by atoms with E-state index in [1.165, 1.54) is 23.1 Å². The van der Waals surface area contributed by atoms with Gasteiger partial charge in [-0.25, -0.2) is 4.98 Å². The average molecular weight is 327 g/mol. The van der Waals surface area contributed by atoms with Gasteiger partial charge in [-0.1, -0.05) is 36.4 Å². The molecule has 1 amide bonds. The molecule has 1 aromatic heterocycles. The Morgan fingerprint density at radius 2 is 2.14 bits per heavy atom. The zero-order valence-electron chi connectivity index (χ0n) is 11.7. The SMILES string of the molecule is C=CCN1C(=O)/C(=C/c2ccccc2)S/C1=N\c1nccs1. The first kappa shape index (κ1) is 14.7. The van der Waals surface area contributed by atoms with Gasteiger partial charge in [0.15, 0.2) is 5.17 Å². The van der Waals surface area contributed by atoms with Crippen LogP contribution in [0.5, 0.6) is 0 Å². The van der Waals surface area contributed by atoms with Crippen molar-refractivity contribution in [1.29, 1.82) is 0 Å². The third-order valence-electron chi connectivity index (χ3n) is 2.91. The second-order valence-electron chi connectivity index (χ2n) is 4.43. The highest BCUT2D eigenvalue weighted by Crippen LogP contribution is 2.34. The highest BCUT2D eigenvalue weighted by atomic mass is 32.2. The standard InChI is InChI=1S/C16H13N3OS2/c1-2-9-19-14(20)13(11-12-6-4-3-5-7-12)22-16(19)18-15-17-8-10-21-15/h2-8,10-11H,1,9H2/b13-11-,18-16-. The summed E-state index contributed by atoms with van der Waals surface area (Å²) in [6.45, 7) is 4.14. The topological polar surface area (TPSA) is 45.6 Å². The fourth-order valence-corrected chi connectivity index (χ4v) is 3.49. The minimum atomic E-state index is -0.0518. The quantitative estimate of drug-likeness (QED) is 0.631. The van der Waals surface area contributed by atoms with Crippen molar-refractivity contribution < 1.29 is 4.79 Å². The van der Waals surface area contributed by atoms with Gasteiger partial charge in [-0.15, -0.1) is 17.9 Å². The number of hydrogen-bond acceptors (Lipinski definition) is 5. The Morgan fingerprint density at radius 1 is 1.32 bits per heavy atom. The summed E-state index contributed by atoms with van der Waals surface area (Å²) in [5, 5.41) is 3.15. The maximum atomic E-state index is 12.5. The molecule has 0 N–H and O–H groups in total. The second kappa shape index (κ2) is 6.72. The number of carbonyl (C=O) groups excluding carboxylic acids is 1. The van der Waals surface area contributed by atoms with Crippen molar-refractivity contribution in [3.8, 4) is 0 Å². The van der Waals surface area contributed by atoms with Gasteiger partial charge < -0.3 is 0 Å². The van der Waals surface area contributed by atoms with Crippen LogP contribution in [0.25, 0.3) is 6.08 Å². The number of amides is 1. The van der Waals surface area contributed by atoms with Gasteiger partial charge in [0.25, 0.3) is 5.91 Å². The Labute approximate surface area is 136 Å². The van der Waals surface area contributed by atoms with E-state index in [9.17, 15) is 4.79 Å². The largest absolute Gasteiger partial charge is 0.282 e. The fraction of sp³-hybridized carbons (Fsp3) is 0.0625. The number of aliphatic imine (C=N–C) groups is 1. The molecule has 2 heterocycles. The number of thioether (sulfide) groups is 1. The molecule has 22 heavy (non-hydrogen) atoms. The molecule has 4 nitrogen and oxygen atoms in total. The van der Waals surface area contributed by atoms with Crippen molar-refractivity contribution in [3.63, 3.8) is 0 Å². The predicted molar refractivity (Wildman–Crippen MR) is 93.1 cm³/mol. The third-order valence-corrected chi connectivity index (χ3v) is 4.58. The molecule has 1 fully saturated rings. The molecule has 0 bridgehead atoms. The van der Waals surface area contributed by atoms with Crippen molar-refractivity contribution in [3.05, 3.63) is 65.0 Å². The lowest BCUT2D eigenvalue weighted by atomic mass is 10.2. The van der Waals surface area contributed by atoms with E-state index < -0.39 is 0 Å². The van der Waals surface area contributed by atoms with Gasteiger partial charge in [-0.2, -0.15) is 4.99 Å². The molecule has 0 spiro atoms. The molecule has 0 unspecified atom stereocenters. The Kier molecular flexibility index (Phi) is 4.50. The first-order chi connectivity index (χ1) is 10.8. The Morgan fingerprint density at radius 3 is 2.82 bits per heavy atom. The van der Waals surface area contributed by atoms with Gasteiger partial charge in [0.05, 0.1) is 4.91 Å². The van der Waals surface area contributed by atoms with Crippen LogP contribution in [0.4, 0.5) is 5.13 Å². The summed E-state index contributed by atoms with van der Waals surface area (Å²) in [5.41, 5.74) is 0.993. The van der Waals surface area contributed by atoms with Crippen LogP contribution in [0.15, 0.2) is 64.5 Å². The smallest absolute Gasteiger partial charge is 0.267 e.